The Morgan fingerprint density at radius 3 is 2.61 bits per heavy atom. The molecule has 1 aromatic carbocycles. The molecule has 2 aliphatic rings. The number of carbonyl (C=O) groups excluding carboxylic acids is 1. The molecule has 3 heterocycles. The Kier molecular flexibility index (Phi) is 5.21. The Morgan fingerprint density at radius 2 is 2.00 bits per heavy atom. The number of nitrogen functional groups attached to an aromatic ring is 1. The molecule has 0 bridgehead atoms. The van der Waals surface area contributed by atoms with Crippen LogP contribution in [0.4, 0.5) is 29.1 Å². The molecule has 166 valence electrons. The molecule has 4 N–H and O–H groups in total. The minimum Gasteiger partial charge on any atom is -0.399 e. The molecule has 1 aromatic heterocycles. The maximum Gasteiger partial charge on any atom is 0.416 e. The number of benzene rings is 1. The van der Waals surface area contributed by atoms with Gasteiger partial charge >= 0.3 is 6.18 Å². The standard InChI is InChI=1S/C19H19ClF4N6O/c1-9(10-2-11(19(22,23)24)4-12(25)3-10)27-15-13-5-30(6-14(13)28-17(20)29-15)16(31)18(21)7-26-8-18/h2-4,9,26H,5-8,25H2,1H3,(H,27,28,29)/t9-/m1/s1. The van der Waals surface area contributed by atoms with Gasteiger partial charge in [-0.25, -0.2) is 14.4 Å². The summed E-state index contributed by atoms with van der Waals surface area (Å²) in [7, 11) is 0. The number of alkyl halides is 4. The summed E-state index contributed by atoms with van der Waals surface area (Å²) >= 11 is 6.01. The van der Waals surface area contributed by atoms with E-state index >= 15 is 0 Å². The SMILES string of the molecule is C[C@@H](Nc1nc(Cl)nc2c1CN(C(=O)C1(F)CNC1)C2)c1cc(N)cc(C(F)(F)F)c1. The molecule has 2 aromatic rings. The van der Waals surface area contributed by atoms with Gasteiger partial charge in [0.2, 0.25) is 11.0 Å². The van der Waals surface area contributed by atoms with E-state index in [9.17, 15) is 22.4 Å². The van der Waals surface area contributed by atoms with Gasteiger partial charge in [-0.2, -0.15) is 13.2 Å². The lowest BCUT2D eigenvalue weighted by Crippen LogP contribution is -2.64. The van der Waals surface area contributed by atoms with Gasteiger partial charge in [-0.15, -0.1) is 0 Å². The van der Waals surface area contributed by atoms with E-state index in [0.717, 1.165) is 12.1 Å². The van der Waals surface area contributed by atoms with Crippen molar-refractivity contribution in [3.05, 3.63) is 45.9 Å². The molecule has 0 radical (unpaired) electrons. The van der Waals surface area contributed by atoms with E-state index in [1.54, 1.807) is 6.92 Å². The second-order valence-corrected chi connectivity index (χ2v) is 8.09. The summed E-state index contributed by atoms with van der Waals surface area (Å²) in [5.74, 6) is -0.376. The van der Waals surface area contributed by atoms with Crippen molar-refractivity contribution in [2.45, 2.75) is 37.9 Å². The van der Waals surface area contributed by atoms with E-state index in [2.05, 4.69) is 20.6 Å². The van der Waals surface area contributed by atoms with Gasteiger partial charge in [0.05, 0.1) is 30.4 Å². The summed E-state index contributed by atoms with van der Waals surface area (Å²) in [5, 5.41) is 5.68. The van der Waals surface area contributed by atoms with Crippen LogP contribution in [-0.2, 0) is 24.1 Å². The molecule has 0 aliphatic carbocycles. The lowest BCUT2D eigenvalue weighted by Gasteiger charge is -2.36. The Labute approximate surface area is 180 Å². The number of fused-ring (bicyclic) bond motifs is 1. The summed E-state index contributed by atoms with van der Waals surface area (Å²) in [5.41, 5.74) is 4.12. The molecule has 1 saturated heterocycles. The average Bonchev–Trinajstić information content (AvgIpc) is 3.08. The highest BCUT2D eigenvalue weighted by molar-refractivity contribution is 6.28. The van der Waals surface area contributed by atoms with E-state index < -0.39 is 29.4 Å². The van der Waals surface area contributed by atoms with Gasteiger partial charge in [0.1, 0.15) is 5.82 Å². The fraction of sp³-hybridized carbons (Fsp3) is 0.421. The first-order chi connectivity index (χ1) is 14.5. The molecule has 4 rings (SSSR count). The predicted molar refractivity (Wildman–Crippen MR) is 106 cm³/mol. The zero-order valence-electron chi connectivity index (χ0n) is 16.4. The highest BCUT2D eigenvalue weighted by Gasteiger charge is 2.48. The quantitative estimate of drug-likeness (QED) is 0.370. The maximum atomic E-state index is 14.5. The Balaban J connectivity index is 1.59. The topological polar surface area (TPSA) is 96.2 Å². The van der Waals surface area contributed by atoms with Crippen LogP contribution in [0.2, 0.25) is 5.28 Å². The van der Waals surface area contributed by atoms with Crippen LogP contribution in [0.15, 0.2) is 18.2 Å². The number of nitrogens with zero attached hydrogens (tertiary/aromatic N) is 3. The molecule has 12 heteroatoms. The zero-order valence-corrected chi connectivity index (χ0v) is 17.1. The Hall–Kier alpha value is -2.66. The number of hydrogen-bond acceptors (Lipinski definition) is 6. The third-order valence-corrected chi connectivity index (χ3v) is 5.56. The highest BCUT2D eigenvalue weighted by Crippen LogP contribution is 2.35. The molecule has 0 spiro atoms. The third-order valence-electron chi connectivity index (χ3n) is 5.39. The molecule has 1 fully saturated rings. The van der Waals surface area contributed by atoms with Crippen LogP contribution < -0.4 is 16.4 Å². The van der Waals surface area contributed by atoms with Gasteiger partial charge in [-0.1, -0.05) is 0 Å². The third kappa shape index (κ3) is 4.11. The fourth-order valence-electron chi connectivity index (χ4n) is 3.65. The predicted octanol–water partition coefficient (Wildman–Crippen LogP) is 3.06. The molecule has 2 aliphatic heterocycles. The van der Waals surface area contributed by atoms with Gasteiger partial charge < -0.3 is 21.3 Å². The second-order valence-electron chi connectivity index (χ2n) is 7.75. The molecule has 0 unspecified atom stereocenters. The summed E-state index contributed by atoms with van der Waals surface area (Å²) < 4.78 is 53.9. The lowest BCUT2D eigenvalue weighted by molar-refractivity contribution is -0.148. The van der Waals surface area contributed by atoms with Crippen LogP contribution in [0.25, 0.3) is 0 Å². The van der Waals surface area contributed by atoms with Crippen molar-refractivity contribution in [1.29, 1.82) is 0 Å². The highest BCUT2D eigenvalue weighted by atomic mass is 35.5. The van der Waals surface area contributed by atoms with Crippen molar-refractivity contribution in [3.63, 3.8) is 0 Å². The van der Waals surface area contributed by atoms with Crippen LogP contribution in [-0.4, -0.2) is 39.5 Å². The van der Waals surface area contributed by atoms with Crippen LogP contribution in [0.5, 0.6) is 0 Å². The smallest absolute Gasteiger partial charge is 0.399 e. The Morgan fingerprint density at radius 1 is 1.29 bits per heavy atom. The van der Waals surface area contributed by atoms with Crippen LogP contribution in [0, 0.1) is 0 Å². The first-order valence-electron chi connectivity index (χ1n) is 9.45. The van der Waals surface area contributed by atoms with E-state index in [0.29, 0.717) is 16.8 Å². The van der Waals surface area contributed by atoms with Gasteiger partial charge in [-0.05, 0) is 42.3 Å². The van der Waals surface area contributed by atoms with Crippen LogP contribution in [0.1, 0.15) is 35.3 Å². The number of nitrogens with one attached hydrogen (secondary N) is 2. The number of halogens is 5. The summed E-state index contributed by atoms with van der Waals surface area (Å²) in [6, 6.07) is 2.68. The summed E-state index contributed by atoms with van der Waals surface area (Å²) in [6.45, 7) is 1.68. The van der Waals surface area contributed by atoms with E-state index in [-0.39, 0.29) is 43.0 Å². The molecule has 0 saturated carbocycles. The number of carbonyl (C=O) groups is 1. The van der Waals surface area contributed by atoms with Gasteiger partial charge in [0.25, 0.3) is 5.91 Å². The number of nitrogens with two attached hydrogens (primary N) is 1. The zero-order chi connectivity index (χ0) is 22.6. The van der Waals surface area contributed by atoms with Gasteiger partial charge in [-0.3, -0.25) is 4.79 Å². The van der Waals surface area contributed by atoms with Gasteiger partial charge in [0, 0.05) is 24.3 Å². The van der Waals surface area contributed by atoms with E-state index in [1.807, 2.05) is 0 Å². The van der Waals surface area contributed by atoms with Crippen molar-refractivity contribution in [2.75, 3.05) is 24.1 Å². The molecule has 7 nitrogen and oxygen atoms in total. The summed E-state index contributed by atoms with van der Waals surface area (Å²) in [4.78, 5) is 22.1. The number of anilines is 2. The molecule has 31 heavy (non-hydrogen) atoms. The first kappa shape index (κ1) is 21.6. The average molecular weight is 459 g/mol. The monoisotopic (exact) mass is 458 g/mol. The molecular formula is C19H19ClF4N6O. The molecule has 1 amide bonds. The van der Waals surface area contributed by atoms with Crippen molar-refractivity contribution < 1.29 is 22.4 Å². The largest absolute Gasteiger partial charge is 0.416 e. The van der Waals surface area contributed by atoms with E-state index in [4.69, 9.17) is 17.3 Å². The van der Waals surface area contributed by atoms with Crippen molar-refractivity contribution in [3.8, 4) is 0 Å². The fourth-order valence-corrected chi connectivity index (χ4v) is 3.83. The maximum absolute atomic E-state index is 14.5. The van der Waals surface area contributed by atoms with Crippen molar-refractivity contribution in [2.24, 2.45) is 0 Å². The van der Waals surface area contributed by atoms with Gasteiger partial charge in [0.15, 0.2) is 0 Å². The van der Waals surface area contributed by atoms with E-state index in [1.165, 1.54) is 11.0 Å². The minimum atomic E-state index is -4.54. The first-order valence-corrected chi connectivity index (χ1v) is 9.82. The van der Waals surface area contributed by atoms with Crippen LogP contribution in [0.3, 0.4) is 0 Å². The lowest BCUT2D eigenvalue weighted by atomic mass is 9.98. The van der Waals surface area contributed by atoms with Crippen molar-refractivity contribution in [1.82, 2.24) is 20.2 Å². The summed E-state index contributed by atoms with van der Waals surface area (Å²) in [6.07, 6.45) is -4.54. The number of rotatable bonds is 4. The molecular weight excluding hydrogens is 440 g/mol. The normalized spacial score (nSPS) is 18.3. The Bertz CT molecular complexity index is 1040. The molecule has 1 atom stereocenters. The minimum absolute atomic E-state index is 0.0245. The van der Waals surface area contributed by atoms with Crippen LogP contribution >= 0.6 is 11.6 Å². The number of hydrogen-bond donors (Lipinski definition) is 3. The van der Waals surface area contributed by atoms with Crippen molar-refractivity contribution >= 4 is 29.0 Å². The number of aromatic nitrogens is 2. The second kappa shape index (κ2) is 7.49. The number of amides is 1.